The van der Waals surface area contributed by atoms with Gasteiger partial charge in [0.15, 0.2) is 11.4 Å². The molecule has 0 saturated carbocycles. The number of nitrogens with zero attached hydrogens (tertiary/aromatic N) is 3. The topological polar surface area (TPSA) is 123 Å². The highest BCUT2D eigenvalue weighted by Gasteiger charge is 2.35. The van der Waals surface area contributed by atoms with Crippen LogP contribution in [0.4, 0.5) is 15.9 Å². The van der Waals surface area contributed by atoms with E-state index in [1.807, 2.05) is 27.7 Å². The minimum absolute atomic E-state index is 0.0617. The van der Waals surface area contributed by atoms with Gasteiger partial charge in [0.05, 0.1) is 18.4 Å². The number of rotatable bonds is 21. The summed E-state index contributed by atoms with van der Waals surface area (Å²) in [5.41, 5.74) is 0.143. The zero-order valence-corrected chi connectivity index (χ0v) is 32.8. The number of aldehydes is 1. The molecule has 0 spiro atoms. The van der Waals surface area contributed by atoms with Crippen LogP contribution in [0.5, 0.6) is 0 Å². The highest BCUT2D eigenvalue weighted by atomic mass is 19.1. The number of aromatic nitrogens is 2. The molecule has 0 bridgehead atoms. The zero-order valence-electron chi connectivity index (χ0n) is 32.8. The molecule has 0 aliphatic carbocycles. The Labute approximate surface area is 304 Å². The van der Waals surface area contributed by atoms with Crippen LogP contribution in [-0.4, -0.2) is 66.0 Å². The molecule has 1 aromatic heterocycles. The molecule has 2 atom stereocenters. The molecule has 2 heterocycles. The molecule has 2 unspecified atom stereocenters. The minimum Gasteiger partial charge on any atom is -0.392 e. The lowest BCUT2D eigenvalue weighted by molar-refractivity contribution is -0.116. The van der Waals surface area contributed by atoms with Crippen LogP contribution >= 0.6 is 0 Å². The van der Waals surface area contributed by atoms with Gasteiger partial charge >= 0.3 is 6.08 Å². The fourth-order valence-corrected chi connectivity index (χ4v) is 4.98. The molecular weight excluding hydrogens is 635 g/mol. The van der Waals surface area contributed by atoms with E-state index < -0.39 is 11.7 Å². The van der Waals surface area contributed by atoms with Gasteiger partial charge in [-0.25, -0.2) is 4.98 Å². The molecule has 1 saturated heterocycles. The normalized spacial score (nSPS) is 16.4. The number of aliphatic hydroxyl groups is 1. The van der Waals surface area contributed by atoms with Crippen LogP contribution in [0, 0.1) is 31.3 Å². The number of hydrogen-bond donors (Lipinski definition) is 2. The van der Waals surface area contributed by atoms with Gasteiger partial charge < -0.3 is 24.7 Å². The summed E-state index contributed by atoms with van der Waals surface area (Å²) in [6.07, 6.45) is 29.7. The minimum atomic E-state index is -0.864. The van der Waals surface area contributed by atoms with Gasteiger partial charge in [0.25, 0.3) is 0 Å². The van der Waals surface area contributed by atoms with E-state index in [1.54, 1.807) is 27.4 Å². The summed E-state index contributed by atoms with van der Waals surface area (Å²) in [5, 5.41) is 11.5. The summed E-state index contributed by atoms with van der Waals surface area (Å²) in [4.78, 5) is 33.4. The van der Waals surface area contributed by atoms with Crippen LogP contribution in [0.25, 0.3) is 0 Å². The van der Waals surface area contributed by atoms with Crippen molar-refractivity contribution < 1.29 is 28.6 Å². The number of ether oxygens (including phenoxy) is 2. The summed E-state index contributed by atoms with van der Waals surface area (Å²) < 4.78 is 22.9. The van der Waals surface area contributed by atoms with Crippen molar-refractivity contribution in [2.24, 2.45) is 10.9 Å². The number of nitrogens with one attached hydrogen (secondary N) is 1. The van der Waals surface area contributed by atoms with Gasteiger partial charge in [-0.3, -0.25) is 9.79 Å². The number of terminal acetylenes is 1. The second-order valence-electron chi connectivity index (χ2n) is 13.3. The first-order chi connectivity index (χ1) is 24.0. The Balaban J connectivity index is 0. The first-order valence-electron chi connectivity index (χ1n) is 19.0. The summed E-state index contributed by atoms with van der Waals surface area (Å²) in [7, 11) is 3.25. The Hall–Kier alpha value is -2.74. The monoisotopic (exact) mass is 707 g/mol. The first-order valence-corrected chi connectivity index (χ1v) is 19.0. The summed E-state index contributed by atoms with van der Waals surface area (Å²) in [6, 6.07) is 0. The molecule has 0 radical (unpaired) electrons. The van der Waals surface area contributed by atoms with Crippen LogP contribution in [0.3, 0.4) is 0 Å². The number of methoxy groups -OCH3 is 1. The number of aliphatic hydroxyl groups excluding tert-OH is 1. The summed E-state index contributed by atoms with van der Waals surface area (Å²) >= 11 is 0. The number of unbranched alkanes of at least 4 members (excludes halogenated alkanes) is 14. The van der Waals surface area contributed by atoms with E-state index in [4.69, 9.17) is 16.3 Å². The van der Waals surface area contributed by atoms with Gasteiger partial charge in [0, 0.05) is 33.3 Å². The lowest BCUT2D eigenvalue weighted by Crippen LogP contribution is -2.31. The molecular formula is C40H71FN4O5. The third-order valence-electron chi connectivity index (χ3n) is 7.87. The van der Waals surface area contributed by atoms with Crippen molar-refractivity contribution in [3.63, 3.8) is 0 Å². The van der Waals surface area contributed by atoms with Crippen molar-refractivity contribution in [2.75, 3.05) is 26.1 Å². The lowest BCUT2D eigenvalue weighted by Gasteiger charge is -2.19. The molecule has 1 amide bonds. The fraction of sp³-hybridized carbons (Fsp3) is 0.775. The van der Waals surface area contributed by atoms with E-state index in [1.165, 1.54) is 77.0 Å². The van der Waals surface area contributed by atoms with Crippen LogP contribution in [0.1, 0.15) is 162 Å². The summed E-state index contributed by atoms with van der Waals surface area (Å²) in [5.74, 6) is 2.67. The molecule has 50 heavy (non-hydrogen) atoms. The fourth-order valence-electron chi connectivity index (χ4n) is 4.98. The number of amides is 1. The summed E-state index contributed by atoms with van der Waals surface area (Å²) in [6.45, 7) is 11.8. The number of aliphatic imine (C=N–C) groups is 1. The number of carbonyl (C=O) groups is 2. The maximum atomic E-state index is 13.3. The van der Waals surface area contributed by atoms with E-state index in [-0.39, 0.29) is 30.4 Å². The van der Waals surface area contributed by atoms with E-state index in [9.17, 15) is 14.0 Å². The van der Waals surface area contributed by atoms with Crippen LogP contribution < -0.4 is 5.32 Å². The number of anilines is 1. The second kappa shape index (κ2) is 33.4. The smallest absolute Gasteiger partial charge is 0.310 e. The van der Waals surface area contributed by atoms with Gasteiger partial charge in [-0.2, -0.15) is 9.37 Å². The third kappa shape index (κ3) is 27.0. The number of hydrogen-bond acceptors (Lipinski definition) is 8. The van der Waals surface area contributed by atoms with Crippen LogP contribution in [-0.2, 0) is 19.1 Å². The van der Waals surface area contributed by atoms with Crippen molar-refractivity contribution in [3.8, 4) is 12.3 Å². The molecule has 9 nitrogen and oxygen atoms in total. The van der Waals surface area contributed by atoms with Gasteiger partial charge in [0.1, 0.15) is 12.0 Å². The molecule has 2 N–H and O–H groups in total. The van der Waals surface area contributed by atoms with Crippen LogP contribution in [0.15, 0.2) is 4.99 Å². The lowest BCUT2D eigenvalue weighted by atomic mass is 10.0. The molecule has 0 aromatic carbocycles. The Morgan fingerprint density at radius 2 is 1.56 bits per heavy atom. The molecule has 1 aromatic rings. The number of carbonyl (C=O) groups excluding carboxylic acids is 2. The highest BCUT2D eigenvalue weighted by molar-refractivity contribution is 5.93. The van der Waals surface area contributed by atoms with E-state index in [2.05, 4.69) is 37.9 Å². The largest absolute Gasteiger partial charge is 0.392 e. The van der Waals surface area contributed by atoms with E-state index in [0.717, 1.165) is 44.8 Å². The highest BCUT2D eigenvalue weighted by Crippen LogP contribution is 2.29. The third-order valence-corrected chi connectivity index (χ3v) is 7.87. The van der Waals surface area contributed by atoms with Crippen molar-refractivity contribution in [3.05, 3.63) is 11.8 Å². The SMILES string of the molecule is C#CC1(CO)CCC(C)O1.CCCCC(=O)Nc1nc(F)nc(C)c1N=CC(C)C.CCCCCCCCCCCCCCCC=O.COC. The standard InChI is InChI=1S/C16H32O.C14H21FN4O.C8H12O2.C2H6O/c1-2-3-4-5-6-7-8-9-10-11-12-13-14-15-16-17;1-5-6-7-11(20)18-13-12(16-8-9(2)3)10(4)17-14(15)19-13;1-3-8(6-9)5-4-7(2)10-8;1-3-2/h16H,2-15H2,1H3;8-9H,5-7H2,1-4H3,(H,17,18,19,20);1,7,9H,4-6H2,2H3;1-2H3. The Morgan fingerprint density at radius 3 is 1.96 bits per heavy atom. The Bertz CT molecular complexity index is 1060. The average molecular weight is 707 g/mol. The van der Waals surface area contributed by atoms with Crippen molar-refractivity contribution in [2.45, 2.75) is 175 Å². The van der Waals surface area contributed by atoms with Crippen molar-refractivity contribution in [1.82, 2.24) is 9.97 Å². The predicted molar refractivity (Wildman–Crippen MR) is 206 cm³/mol. The van der Waals surface area contributed by atoms with Crippen LogP contribution in [0.2, 0.25) is 0 Å². The van der Waals surface area contributed by atoms with Crippen molar-refractivity contribution >= 4 is 29.9 Å². The maximum absolute atomic E-state index is 13.3. The quantitative estimate of drug-likeness (QED) is 0.0429. The maximum Gasteiger partial charge on any atom is 0.310 e. The molecule has 1 aliphatic rings. The van der Waals surface area contributed by atoms with Gasteiger partial charge in [-0.05, 0) is 45.4 Å². The first kappa shape index (κ1) is 49.4. The predicted octanol–water partition coefficient (Wildman–Crippen LogP) is 9.89. The Morgan fingerprint density at radius 1 is 1.04 bits per heavy atom. The van der Waals surface area contributed by atoms with Gasteiger partial charge in [0.2, 0.25) is 5.91 Å². The van der Waals surface area contributed by atoms with Gasteiger partial charge in [-0.1, -0.05) is 117 Å². The Kier molecular flexibility index (Phi) is 33.0. The number of aryl methyl sites for hydroxylation is 1. The van der Waals surface area contributed by atoms with E-state index >= 15 is 0 Å². The molecule has 1 aliphatic heterocycles. The number of halogens is 1. The van der Waals surface area contributed by atoms with E-state index in [0.29, 0.717) is 17.8 Å². The second-order valence-corrected chi connectivity index (χ2v) is 13.3. The molecule has 1 fully saturated rings. The van der Waals surface area contributed by atoms with Crippen molar-refractivity contribution in [1.29, 1.82) is 0 Å². The average Bonchev–Trinajstić information content (AvgIpc) is 3.47. The zero-order chi connectivity index (χ0) is 38.0. The molecule has 288 valence electrons. The molecule has 10 heteroatoms. The molecule has 2 rings (SSSR count). The van der Waals surface area contributed by atoms with Gasteiger partial charge in [-0.15, -0.1) is 6.42 Å².